The first-order chi connectivity index (χ1) is 6.96. The van der Waals surface area contributed by atoms with Gasteiger partial charge in [0.15, 0.2) is 0 Å². The van der Waals surface area contributed by atoms with Gasteiger partial charge in [0.25, 0.3) is 0 Å². The molecule has 4 nitrogen and oxygen atoms in total. The van der Waals surface area contributed by atoms with Gasteiger partial charge in [-0.25, -0.2) is 4.79 Å². The fourth-order valence-corrected chi connectivity index (χ4v) is 1.91. The van der Waals surface area contributed by atoms with E-state index in [1.807, 2.05) is 26.7 Å². The molecule has 1 fully saturated rings. The molecule has 0 amide bonds. The number of hydrogen-bond donors (Lipinski definition) is 2. The van der Waals surface area contributed by atoms with Gasteiger partial charge in [0.05, 0.1) is 17.7 Å². The first kappa shape index (κ1) is 12.4. The van der Waals surface area contributed by atoms with Crippen LogP contribution in [0.2, 0.25) is 0 Å². The Morgan fingerprint density at radius 2 is 2.13 bits per heavy atom. The van der Waals surface area contributed by atoms with Crippen LogP contribution in [-0.2, 0) is 9.53 Å². The quantitative estimate of drug-likeness (QED) is 0.406. The molecule has 1 aliphatic carbocycles. The fraction of sp³-hybridized carbons (Fsp3) is 0.818. The van der Waals surface area contributed by atoms with Gasteiger partial charge in [-0.2, -0.15) is 0 Å². The van der Waals surface area contributed by atoms with Crippen molar-refractivity contribution in [1.82, 2.24) is 5.43 Å². The van der Waals surface area contributed by atoms with Crippen LogP contribution in [0.3, 0.4) is 0 Å². The van der Waals surface area contributed by atoms with Crippen molar-refractivity contribution in [2.45, 2.75) is 57.8 Å². The van der Waals surface area contributed by atoms with Crippen molar-refractivity contribution >= 4 is 5.94 Å². The predicted octanol–water partition coefficient (Wildman–Crippen LogP) is 0.944. The molecule has 0 radical (unpaired) electrons. The summed E-state index contributed by atoms with van der Waals surface area (Å²) in [5.41, 5.74) is 3.16. The van der Waals surface area contributed by atoms with Gasteiger partial charge >= 0.3 is 0 Å². The lowest BCUT2D eigenvalue weighted by Crippen LogP contribution is -2.42. The van der Waals surface area contributed by atoms with Gasteiger partial charge in [-0.15, -0.1) is 0 Å². The third-order valence-corrected chi connectivity index (χ3v) is 2.50. The summed E-state index contributed by atoms with van der Waals surface area (Å²) in [5.74, 6) is 7.32. The van der Waals surface area contributed by atoms with E-state index in [9.17, 15) is 4.79 Å². The third-order valence-electron chi connectivity index (χ3n) is 2.50. The monoisotopic (exact) mass is 212 g/mol. The zero-order valence-corrected chi connectivity index (χ0v) is 9.67. The Hall–Kier alpha value is -0.670. The standard InChI is InChI=1S/C11H20N2O2/c1-11(2,3)15-9-4-5-10(13-12)8(6-9)7-14/h9-10,13H,4-6,12H2,1-3H3/t9-,10-/m0/s1. The molecule has 4 heteroatoms. The van der Waals surface area contributed by atoms with E-state index < -0.39 is 0 Å². The summed E-state index contributed by atoms with van der Waals surface area (Å²) >= 11 is 0. The Morgan fingerprint density at radius 1 is 1.47 bits per heavy atom. The summed E-state index contributed by atoms with van der Waals surface area (Å²) in [6.07, 6.45) is 2.51. The molecule has 0 bridgehead atoms. The van der Waals surface area contributed by atoms with Crippen LogP contribution in [-0.4, -0.2) is 23.7 Å². The van der Waals surface area contributed by atoms with Crippen molar-refractivity contribution in [2.75, 3.05) is 0 Å². The van der Waals surface area contributed by atoms with E-state index >= 15 is 0 Å². The largest absolute Gasteiger partial charge is 0.372 e. The first-order valence-electron chi connectivity index (χ1n) is 5.34. The molecule has 86 valence electrons. The minimum atomic E-state index is -0.165. The zero-order chi connectivity index (χ0) is 11.5. The smallest absolute Gasteiger partial charge is 0.125 e. The van der Waals surface area contributed by atoms with Crippen molar-refractivity contribution in [3.8, 4) is 0 Å². The lowest BCUT2D eigenvalue weighted by molar-refractivity contribution is -0.0683. The second-order valence-electron chi connectivity index (χ2n) is 4.98. The molecule has 0 saturated heterocycles. The summed E-state index contributed by atoms with van der Waals surface area (Å²) < 4.78 is 5.84. The van der Waals surface area contributed by atoms with Gasteiger partial charge in [-0.05, 0) is 33.6 Å². The molecule has 1 saturated carbocycles. The number of nitrogens with one attached hydrogen (secondary N) is 1. The van der Waals surface area contributed by atoms with Crippen LogP contribution >= 0.6 is 0 Å². The topological polar surface area (TPSA) is 64.3 Å². The predicted molar refractivity (Wildman–Crippen MR) is 58.8 cm³/mol. The maximum absolute atomic E-state index is 10.7. The minimum absolute atomic E-state index is 0.0256. The molecule has 1 rings (SSSR count). The molecule has 0 aliphatic heterocycles. The highest BCUT2D eigenvalue weighted by atomic mass is 16.5. The SMILES string of the molecule is CC(C)(C)O[C@H]1CC[C@H](NN)C(=C=O)C1. The maximum Gasteiger partial charge on any atom is 0.125 e. The molecule has 15 heavy (non-hydrogen) atoms. The van der Waals surface area contributed by atoms with Crippen molar-refractivity contribution in [3.63, 3.8) is 0 Å². The summed E-state index contributed by atoms with van der Waals surface area (Å²) in [6, 6.07) is -0.0256. The molecule has 0 heterocycles. The van der Waals surface area contributed by atoms with Crippen LogP contribution in [0, 0.1) is 0 Å². The Balaban J connectivity index is 2.58. The molecular formula is C11H20N2O2. The summed E-state index contributed by atoms with van der Waals surface area (Å²) in [5, 5.41) is 0. The summed E-state index contributed by atoms with van der Waals surface area (Å²) in [6.45, 7) is 6.06. The van der Waals surface area contributed by atoms with Gasteiger partial charge in [0, 0.05) is 12.0 Å². The number of hydrogen-bond acceptors (Lipinski definition) is 4. The van der Waals surface area contributed by atoms with Crippen molar-refractivity contribution < 1.29 is 9.53 Å². The van der Waals surface area contributed by atoms with E-state index in [2.05, 4.69) is 5.43 Å². The van der Waals surface area contributed by atoms with Gasteiger partial charge in [-0.1, -0.05) is 0 Å². The molecule has 0 spiro atoms. The fourth-order valence-electron chi connectivity index (χ4n) is 1.91. The lowest BCUT2D eigenvalue weighted by atomic mass is 9.89. The Labute approximate surface area is 90.8 Å². The molecule has 0 aromatic heterocycles. The molecule has 0 aromatic rings. The Morgan fingerprint density at radius 3 is 2.60 bits per heavy atom. The lowest BCUT2D eigenvalue weighted by Gasteiger charge is -2.33. The number of nitrogens with two attached hydrogens (primary N) is 1. The number of carbonyl (C=O) groups excluding carboxylic acids is 1. The van der Waals surface area contributed by atoms with Crippen molar-refractivity contribution in [2.24, 2.45) is 5.84 Å². The average molecular weight is 212 g/mol. The number of ether oxygens (including phenoxy) is 1. The molecule has 0 aromatic carbocycles. The third kappa shape index (κ3) is 3.76. The van der Waals surface area contributed by atoms with Crippen LogP contribution in [0.25, 0.3) is 0 Å². The van der Waals surface area contributed by atoms with E-state index in [4.69, 9.17) is 10.6 Å². The first-order valence-corrected chi connectivity index (χ1v) is 5.34. The second kappa shape index (κ2) is 4.90. The van der Waals surface area contributed by atoms with Crippen molar-refractivity contribution in [3.05, 3.63) is 5.57 Å². The van der Waals surface area contributed by atoms with Crippen LogP contribution in [0.5, 0.6) is 0 Å². The van der Waals surface area contributed by atoms with Crippen LogP contribution in [0.4, 0.5) is 0 Å². The van der Waals surface area contributed by atoms with Gasteiger partial charge in [-0.3, -0.25) is 11.3 Å². The molecule has 1 aliphatic rings. The number of hydrazine groups is 1. The Bertz CT molecular complexity index is 264. The normalized spacial score (nSPS) is 27.6. The highest BCUT2D eigenvalue weighted by Crippen LogP contribution is 2.27. The van der Waals surface area contributed by atoms with Crippen LogP contribution in [0.15, 0.2) is 5.57 Å². The van der Waals surface area contributed by atoms with E-state index in [0.29, 0.717) is 12.0 Å². The Kier molecular flexibility index (Phi) is 4.05. The highest BCUT2D eigenvalue weighted by molar-refractivity contribution is 5.55. The van der Waals surface area contributed by atoms with E-state index in [1.165, 1.54) is 0 Å². The van der Waals surface area contributed by atoms with E-state index in [-0.39, 0.29) is 17.7 Å². The molecule has 2 atom stereocenters. The van der Waals surface area contributed by atoms with Gasteiger partial charge in [0.2, 0.25) is 0 Å². The van der Waals surface area contributed by atoms with Gasteiger partial charge in [0.1, 0.15) is 5.94 Å². The summed E-state index contributed by atoms with van der Waals surface area (Å²) in [4.78, 5) is 10.7. The van der Waals surface area contributed by atoms with Gasteiger partial charge < -0.3 is 4.74 Å². The van der Waals surface area contributed by atoms with Crippen LogP contribution in [0.1, 0.15) is 40.0 Å². The maximum atomic E-state index is 10.7. The number of rotatable bonds is 2. The molecule has 3 N–H and O–H groups in total. The molecular weight excluding hydrogens is 192 g/mol. The second-order valence-corrected chi connectivity index (χ2v) is 4.98. The zero-order valence-electron chi connectivity index (χ0n) is 9.67. The van der Waals surface area contributed by atoms with Crippen molar-refractivity contribution in [1.29, 1.82) is 0 Å². The van der Waals surface area contributed by atoms with E-state index in [1.54, 1.807) is 0 Å². The average Bonchev–Trinajstić information content (AvgIpc) is 2.15. The van der Waals surface area contributed by atoms with E-state index in [0.717, 1.165) is 12.8 Å². The highest BCUT2D eigenvalue weighted by Gasteiger charge is 2.28. The molecule has 0 unspecified atom stereocenters. The minimum Gasteiger partial charge on any atom is -0.372 e. The van der Waals surface area contributed by atoms with Crippen LogP contribution < -0.4 is 11.3 Å². The summed E-state index contributed by atoms with van der Waals surface area (Å²) in [7, 11) is 0.